The number of hydrogen-bond acceptors (Lipinski definition) is 6. The van der Waals surface area contributed by atoms with Crippen LogP contribution in [0.25, 0.3) is 0 Å². The van der Waals surface area contributed by atoms with Gasteiger partial charge in [-0.25, -0.2) is 0 Å². The zero-order valence-electron chi connectivity index (χ0n) is 26.3. The summed E-state index contributed by atoms with van der Waals surface area (Å²) in [5.74, 6) is 0. The maximum atomic E-state index is 12.4. The van der Waals surface area contributed by atoms with E-state index in [1.807, 2.05) is 0 Å². The van der Waals surface area contributed by atoms with E-state index in [0.717, 1.165) is 34.8 Å². The van der Waals surface area contributed by atoms with Gasteiger partial charge in [0, 0.05) is 0 Å². The van der Waals surface area contributed by atoms with Crippen LogP contribution in [0.1, 0.15) is 95.9 Å². The van der Waals surface area contributed by atoms with E-state index >= 15 is 0 Å². The van der Waals surface area contributed by atoms with Gasteiger partial charge < -0.3 is 0 Å². The van der Waals surface area contributed by atoms with Crippen molar-refractivity contribution in [3.05, 3.63) is 0 Å². The molecular formula is C26H62N2O4Si2Sn. The molecule has 0 saturated carbocycles. The van der Waals surface area contributed by atoms with Gasteiger partial charge in [0.1, 0.15) is 0 Å². The fraction of sp³-hybridized carbons (Fsp3) is 1.00. The molecule has 0 bridgehead atoms. The average molecular weight is 642 g/mol. The Labute approximate surface area is 226 Å². The first-order valence-corrected chi connectivity index (χ1v) is 23.5. The zero-order chi connectivity index (χ0) is 28.3. The Morgan fingerprint density at radius 1 is 0.543 bits per heavy atom. The molecule has 0 amide bonds. The first kappa shape index (κ1) is 36.0. The maximum absolute atomic E-state index is 12.4. The summed E-state index contributed by atoms with van der Waals surface area (Å²) in [5.41, 5.74) is 0. The summed E-state index contributed by atoms with van der Waals surface area (Å²) in [4.78, 5) is 29.3. The molecule has 0 radical (unpaired) electrons. The standard InChI is InChI=1S/2C8H19O2Si.2C5H12N.Sn/c2*1-7(2,3)11(9,10)8(4,5)6;2*1-4-5-6(2)3;/h2*9H,1-6H3;2*1,4-5H2,2-3H3;/q2*-1;;;+2. The molecule has 0 aliphatic carbocycles. The third-order valence-corrected chi connectivity index (χ3v) is 34.3. The summed E-state index contributed by atoms with van der Waals surface area (Å²) in [6, 6.07) is 0. The normalized spacial score (nSPS) is 15.4. The number of nitrogens with zero attached hydrogens (tertiary/aromatic N) is 2. The van der Waals surface area contributed by atoms with Gasteiger partial charge in [-0.2, -0.15) is 0 Å². The second-order valence-corrected chi connectivity index (χ2v) is 35.7. The van der Waals surface area contributed by atoms with Crippen molar-refractivity contribution in [1.82, 2.24) is 9.80 Å². The van der Waals surface area contributed by atoms with Crippen molar-refractivity contribution in [2.75, 3.05) is 41.3 Å². The molecule has 0 atom stereocenters. The van der Waals surface area contributed by atoms with E-state index in [2.05, 4.69) is 121 Å². The van der Waals surface area contributed by atoms with Crippen LogP contribution in [0.5, 0.6) is 0 Å². The Bertz CT molecular complexity index is 564. The summed E-state index contributed by atoms with van der Waals surface area (Å²) in [6.45, 7) is 27.2. The monoisotopic (exact) mass is 642 g/mol. The average Bonchev–Trinajstić information content (AvgIpc) is 2.56. The molecule has 212 valence electrons. The molecular weight excluding hydrogens is 579 g/mol. The van der Waals surface area contributed by atoms with Crippen LogP contribution in [0.3, 0.4) is 0 Å². The molecule has 9 heteroatoms. The minimum atomic E-state index is -4.10. The molecule has 2 N–H and O–H groups in total. The van der Waals surface area contributed by atoms with Gasteiger partial charge in [0.2, 0.25) is 0 Å². The van der Waals surface area contributed by atoms with Crippen molar-refractivity contribution in [1.29, 1.82) is 0 Å². The van der Waals surface area contributed by atoms with E-state index in [9.17, 15) is 9.59 Å². The van der Waals surface area contributed by atoms with E-state index in [0.29, 0.717) is 0 Å². The fourth-order valence-corrected chi connectivity index (χ4v) is 41.4. The molecule has 0 rings (SSSR count). The van der Waals surface area contributed by atoms with Gasteiger partial charge >= 0.3 is 227 Å². The van der Waals surface area contributed by atoms with Crippen LogP contribution in [0.2, 0.25) is 29.0 Å². The van der Waals surface area contributed by atoms with Crippen molar-refractivity contribution >= 4 is 36.3 Å². The molecule has 0 aliphatic heterocycles. The number of rotatable bonds is 12. The van der Waals surface area contributed by atoms with Gasteiger partial charge in [-0.05, 0) is 0 Å². The van der Waals surface area contributed by atoms with Gasteiger partial charge in [-0.1, -0.05) is 0 Å². The Balaban J connectivity index is 6.98. The van der Waals surface area contributed by atoms with E-state index in [4.69, 9.17) is 5.53 Å². The third kappa shape index (κ3) is 9.60. The van der Waals surface area contributed by atoms with E-state index in [-0.39, 0.29) is 20.2 Å². The molecule has 0 fully saturated rings. The second-order valence-electron chi connectivity index (χ2n) is 15.2. The van der Waals surface area contributed by atoms with Gasteiger partial charge in [0.05, 0.1) is 0 Å². The predicted molar refractivity (Wildman–Crippen MR) is 159 cm³/mol. The van der Waals surface area contributed by atoms with Crippen molar-refractivity contribution in [2.45, 2.75) is 125 Å². The topological polar surface area (TPSA) is 65.4 Å². The summed E-state index contributed by atoms with van der Waals surface area (Å²) in [6.07, 6.45) is 1.89. The quantitative estimate of drug-likeness (QED) is 0.240. The molecule has 35 heavy (non-hydrogen) atoms. The molecule has 0 saturated heterocycles. The predicted octanol–water partition coefficient (Wildman–Crippen LogP) is 6.43. The van der Waals surface area contributed by atoms with E-state index in [1.165, 1.54) is 0 Å². The van der Waals surface area contributed by atoms with Crippen LogP contribution < -0.4 is 0 Å². The summed E-state index contributed by atoms with van der Waals surface area (Å²) in [5, 5.41) is -1.54. The second kappa shape index (κ2) is 12.4. The molecule has 0 spiro atoms. The fourth-order valence-electron chi connectivity index (χ4n) is 5.08. The minimum absolute atomic E-state index is 0.386. The Hall–Kier alpha value is 0.992. The molecule has 0 aromatic heterocycles. The van der Waals surface area contributed by atoms with Crippen LogP contribution in [0, 0.1) is 0 Å². The molecule has 0 unspecified atom stereocenters. The SMILES string of the molecule is CN(C)CC[CH2][Sn]([CH2]CCN(C)C)([O][Si](O)(C(C)(C)C)C(C)(C)C)[O][Si](O)(C(C)(C)C)C(C)(C)C. The molecule has 6 nitrogen and oxygen atoms in total. The zero-order valence-corrected chi connectivity index (χ0v) is 31.2. The van der Waals surface area contributed by atoms with Crippen LogP contribution in [0.4, 0.5) is 0 Å². The number of hydrogen-bond donors (Lipinski definition) is 2. The van der Waals surface area contributed by atoms with Crippen molar-refractivity contribution in [2.24, 2.45) is 0 Å². The summed E-state index contributed by atoms with van der Waals surface area (Å²) < 4.78 is 16.3. The van der Waals surface area contributed by atoms with Crippen LogP contribution in [-0.4, -0.2) is 97.0 Å². The van der Waals surface area contributed by atoms with Crippen LogP contribution >= 0.6 is 0 Å². The Morgan fingerprint density at radius 2 is 0.771 bits per heavy atom. The van der Waals surface area contributed by atoms with Crippen molar-refractivity contribution in [3.63, 3.8) is 0 Å². The van der Waals surface area contributed by atoms with Gasteiger partial charge in [0.15, 0.2) is 0 Å². The van der Waals surface area contributed by atoms with E-state index in [1.54, 1.807) is 0 Å². The first-order valence-electron chi connectivity index (χ1n) is 13.4. The van der Waals surface area contributed by atoms with Gasteiger partial charge in [-0.15, -0.1) is 0 Å². The summed E-state index contributed by atoms with van der Waals surface area (Å²) in [7, 11) is 1.76. The van der Waals surface area contributed by atoms with Crippen LogP contribution in [-0.2, 0) is 5.53 Å². The summed E-state index contributed by atoms with van der Waals surface area (Å²) >= 11 is -4.10. The van der Waals surface area contributed by atoms with Crippen LogP contribution in [0.15, 0.2) is 0 Å². The van der Waals surface area contributed by atoms with Gasteiger partial charge in [-0.3, -0.25) is 0 Å². The molecule has 0 heterocycles. The Morgan fingerprint density at radius 3 is 0.943 bits per heavy atom. The van der Waals surface area contributed by atoms with Crippen molar-refractivity contribution < 1.29 is 15.1 Å². The first-order chi connectivity index (χ1) is 15.2. The third-order valence-electron chi connectivity index (χ3n) is 7.06. The van der Waals surface area contributed by atoms with Crippen molar-refractivity contribution in [3.8, 4) is 0 Å². The van der Waals surface area contributed by atoms with E-state index < -0.39 is 36.3 Å². The van der Waals surface area contributed by atoms with Gasteiger partial charge in [0.25, 0.3) is 0 Å². The molecule has 0 aromatic carbocycles. The molecule has 0 aliphatic rings. The molecule has 0 aromatic rings. The Kier molecular flexibility index (Phi) is 12.8.